The van der Waals surface area contributed by atoms with Gasteiger partial charge in [0.15, 0.2) is 0 Å². The summed E-state index contributed by atoms with van der Waals surface area (Å²) in [6.07, 6.45) is 0.0548. The Balaban J connectivity index is 1.96. The third kappa shape index (κ3) is 5.39. The highest BCUT2D eigenvalue weighted by molar-refractivity contribution is 9.10. The first kappa shape index (κ1) is 19.6. The minimum Gasteiger partial charge on any atom is -0.326 e. The molecular weight excluding hydrogens is 404 g/mol. The molecule has 0 fully saturated rings. The fourth-order valence-electron chi connectivity index (χ4n) is 2.72. The van der Waals surface area contributed by atoms with Crippen LogP contribution in [-0.2, 0) is 14.8 Å². The van der Waals surface area contributed by atoms with E-state index in [9.17, 15) is 13.2 Å². The van der Waals surface area contributed by atoms with E-state index in [4.69, 9.17) is 0 Å². The summed E-state index contributed by atoms with van der Waals surface area (Å²) in [4.78, 5) is 12.2. The van der Waals surface area contributed by atoms with Crippen molar-refractivity contribution in [3.63, 3.8) is 0 Å². The maximum absolute atomic E-state index is 12.5. The molecular formula is C18H21BrN2O3S. The van der Waals surface area contributed by atoms with Gasteiger partial charge in [-0.15, -0.1) is 0 Å². The number of nitrogens with one attached hydrogen (secondary N) is 2. The molecule has 0 saturated carbocycles. The first-order valence-electron chi connectivity index (χ1n) is 7.82. The topological polar surface area (TPSA) is 75.3 Å². The molecule has 7 heteroatoms. The van der Waals surface area contributed by atoms with Crippen molar-refractivity contribution in [3.8, 4) is 0 Å². The van der Waals surface area contributed by atoms with Gasteiger partial charge < -0.3 is 5.32 Å². The van der Waals surface area contributed by atoms with Gasteiger partial charge in [-0.3, -0.25) is 4.79 Å². The highest BCUT2D eigenvalue weighted by Crippen LogP contribution is 2.21. The number of carbonyl (C=O) groups is 1. The summed E-state index contributed by atoms with van der Waals surface area (Å²) in [5.74, 6) is -0.248. The molecule has 0 heterocycles. The summed E-state index contributed by atoms with van der Waals surface area (Å²) in [5, 5.41) is 2.73. The summed E-state index contributed by atoms with van der Waals surface area (Å²) in [5.41, 5.74) is 3.08. The van der Waals surface area contributed by atoms with Crippen LogP contribution in [0, 0.1) is 20.8 Å². The zero-order chi connectivity index (χ0) is 18.6. The van der Waals surface area contributed by atoms with Crippen LogP contribution in [0.3, 0.4) is 0 Å². The molecule has 2 aromatic carbocycles. The Kier molecular flexibility index (Phi) is 6.37. The summed E-state index contributed by atoms with van der Waals surface area (Å²) in [7, 11) is -3.65. The molecule has 0 atom stereocenters. The van der Waals surface area contributed by atoms with Gasteiger partial charge in [0.25, 0.3) is 0 Å². The van der Waals surface area contributed by atoms with Crippen molar-refractivity contribution in [3.05, 3.63) is 57.6 Å². The van der Waals surface area contributed by atoms with Gasteiger partial charge in [0.2, 0.25) is 15.9 Å². The highest BCUT2D eigenvalue weighted by atomic mass is 79.9. The van der Waals surface area contributed by atoms with Crippen molar-refractivity contribution in [2.24, 2.45) is 0 Å². The van der Waals surface area contributed by atoms with Crippen molar-refractivity contribution in [1.82, 2.24) is 4.72 Å². The summed E-state index contributed by atoms with van der Waals surface area (Å²) < 4.78 is 28.5. The number of amides is 1. The normalized spacial score (nSPS) is 11.4. The van der Waals surface area contributed by atoms with Gasteiger partial charge in [-0.05, 0) is 56.2 Å². The third-order valence-electron chi connectivity index (χ3n) is 3.65. The van der Waals surface area contributed by atoms with E-state index in [1.807, 2.05) is 31.2 Å². The van der Waals surface area contributed by atoms with Crippen LogP contribution in [0.1, 0.15) is 23.1 Å². The number of halogens is 1. The number of hydrogen-bond donors (Lipinski definition) is 2. The zero-order valence-corrected chi connectivity index (χ0v) is 16.8. The monoisotopic (exact) mass is 424 g/mol. The van der Waals surface area contributed by atoms with E-state index in [0.717, 1.165) is 10.0 Å². The number of rotatable bonds is 6. The van der Waals surface area contributed by atoms with Crippen molar-refractivity contribution < 1.29 is 13.2 Å². The third-order valence-corrected chi connectivity index (χ3v) is 5.94. The molecule has 0 aliphatic heterocycles. The molecule has 0 radical (unpaired) electrons. The van der Waals surface area contributed by atoms with E-state index in [0.29, 0.717) is 16.8 Å². The second kappa shape index (κ2) is 8.12. The Morgan fingerprint density at radius 1 is 1.04 bits per heavy atom. The average molecular weight is 425 g/mol. The quantitative estimate of drug-likeness (QED) is 0.742. The number of anilines is 1. The molecule has 5 nitrogen and oxygen atoms in total. The number of carbonyl (C=O) groups excluding carboxylic acids is 1. The predicted molar refractivity (Wildman–Crippen MR) is 103 cm³/mol. The largest absolute Gasteiger partial charge is 0.326 e. The predicted octanol–water partition coefficient (Wildman–Crippen LogP) is 3.68. The Labute approximate surface area is 157 Å². The molecule has 0 unspecified atom stereocenters. The fourth-order valence-corrected chi connectivity index (χ4v) is 4.46. The van der Waals surface area contributed by atoms with Crippen LogP contribution in [0.5, 0.6) is 0 Å². The molecule has 0 aromatic heterocycles. The van der Waals surface area contributed by atoms with Crippen LogP contribution in [0.2, 0.25) is 0 Å². The first-order chi connectivity index (χ1) is 11.7. The molecule has 25 heavy (non-hydrogen) atoms. The second-order valence-corrected chi connectivity index (χ2v) is 8.55. The summed E-state index contributed by atoms with van der Waals surface area (Å²) >= 11 is 3.32. The van der Waals surface area contributed by atoms with E-state index in [1.165, 1.54) is 0 Å². The Morgan fingerprint density at radius 3 is 2.16 bits per heavy atom. The molecule has 2 rings (SSSR count). The molecule has 0 saturated heterocycles. The van der Waals surface area contributed by atoms with Gasteiger partial charge >= 0.3 is 0 Å². The molecule has 134 valence electrons. The van der Waals surface area contributed by atoms with Gasteiger partial charge in [0, 0.05) is 23.1 Å². The van der Waals surface area contributed by atoms with Crippen molar-refractivity contribution in [2.75, 3.05) is 11.9 Å². The van der Waals surface area contributed by atoms with Crippen LogP contribution in [0.15, 0.2) is 45.8 Å². The maximum Gasteiger partial charge on any atom is 0.241 e. The van der Waals surface area contributed by atoms with Gasteiger partial charge in [0.05, 0.1) is 4.90 Å². The standard InChI is InChI=1S/C18H21BrN2O3S/c1-12-10-13(2)18(14(3)11-12)25(23,24)20-9-8-17(22)21-16-6-4-15(19)5-7-16/h4-7,10-11,20H,8-9H2,1-3H3,(H,21,22). The van der Waals surface area contributed by atoms with Crippen molar-refractivity contribution in [1.29, 1.82) is 0 Å². The Morgan fingerprint density at radius 2 is 1.60 bits per heavy atom. The molecule has 1 amide bonds. The van der Waals surface area contributed by atoms with Crippen molar-refractivity contribution >= 4 is 37.5 Å². The number of sulfonamides is 1. The van der Waals surface area contributed by atoms with E-state index in [2.05, 4.69) is 26.0 Å². The number of hydrogen-bond acceptors (Lipinski definition) is 3. The van der Waals surface area contributed by atoms with Gasteiger partial charge in [-0.25, -0.2) is 13.1 Å². The lowest BCUT2D eigenvalue weighted by molar-refractivity contribution is -0.116. The summed E-state index contributed by atoms with van der Waals surface area (Å²) in [6.45, 7) is 5.51. The SMILES string of the molecule is Cc1cc(C)c(S(=O)(=O)NCCC(=O)Nc2ccc(Br)cc2)c(C)c1. The minimum absolute atomic E-state index is 0.0391. The highest BCUT2D eigenvalue weighted by Gasteiger charge is 2.19. The lowest BCUT2D eigenvalue weighted by Gasteiger charge is -2.13. The van der Waals surface area contributed by atoms with Crippen LogP contribution in [-0.4, -0.2) is 20.9 Å². The van der Waals surface area contributed by atoms with E-state index >= 15 is 0 Å². The number of aryl methyl sites for hydroxylation is 3. The molecule has 0 bridgehead atoms. The van der Waals surface area contributed by atoms with E-state index in [1.54, 1.807) is 26.0 Å². The second-order valence-electron chi connectivity index (χ2n) is 5.93. The van der Waals surface area contributed by atoms with Gasteiger partial charge in [0.1, 0.15) is 0 Å². The van der Waals surface area contributed by atoms with Crippen LogP contribution in [0.25, 0.3) is 0 Å². The Bertz CT molecular complexity index is 855. The molecule has 2 aromatic rings. The van der Waals surface area contributed by atoms with Crippen LogP contribution < -0.4 is 10.0 Å². The average Bonchev–Trinajstić information content (AvgIpc) is 2.48. The van der Waals surface area contributed by atoms with Crippen molar-refractivity contribution in [2.45, 2.75) is 32.1 Å². The molecule has 0 aliphatic carbocycles. The number of benzene rings is 2. The zero-order valence-electron chi connectivity index (χ0n) is 14.4. The molecule has 0 aliphatic rings. The first-order valence-corrected chi connectivity index (χ1v) is 10.1. The van der Waals surface area contributed by atoms with Crippen LogP contribution in [0.4, 0.5) is 5.69 Å². The smallest absolute Gasteiger partial charge is 0.241 e. The van der Waals surface area contributed by atoms with Gasteiger partial charge in [-0.1, -0.05) is 33.6 Å². The lowest BCUT2D eigenvalue weighted by atomic mass is 10.1. The van der Waals surface area contributed by atoms with Crippen LogP contribution >= 0.6 is 15.9 Å². The molecule has 0 spiro atoms. The van der Waals surface area contributed by atoms with E-state index < -0.39 is 10.0 Å². The summed E-state index contributed by atoms with van der Waals surface area (Å²) in [6, 6.07) is 10.8. The minimum atomic E-state index is -3.65. The van der Waals surface area contributed by atoms with Gasteiger partial charge in [-0.2, -0.15) is 0 Å². The lowest BCUT2D eigenvalue weighted by Crippen LogP contribution is -2.29. The van der Waals surface area contributed by atoms with E-state index in [-0.39, 0.29) is 23.8 Å². The fraction of sp³-hybridized carbons (Fsp3) is 0.278. The Hall–Kier alpha value is -1.70. The molecule has 2 N–H and O–H groups in total. The maximum atomic E-state index is 12.5.